The van der Waals surface area contributed by atoms with E-state index in [1.165, 1.54) is 32.1 Å². The second-order valence-electron chi connectivity index (χ2n) is 4.45. The second-order valence-corrected chi connectivity index (χ2v) is 8.51. The van der Waals surface area contributed by atoms with Crippen LogP contribution < -0.4 is 0 Å². The van der Waals surface area contributed by atoms with Crippen molar-refractivity contribution in [2.75, 3.05) is 14.2 Å². The van der Waals surface area contributed by atoms with Crippen LogP contribution in [0.4, 0.5) is 0 Å². The Morgan fingerprint density at radius 1 is 1.29 bits per heavy atom. The quantitative estimate of drug-likeness (QED) is 0.607. The first kappa shape index (κ1) is 12.2. The van der Waals surface area contributed by atoms with Crippen molar-refractivity contribution in [1.29, 1.82) is 0 Å². The average molecular weight is 216 g/mol. The van der Waals surface area contributed by atoms with Crippen molar-refractivity contribution in [1.82, 2.24) is 0 Å². The van der Waals surface area contributed by atoms with Crippen molar-refractivity contribution < 1.29 is 8.85 Å². The molecule has 0 aromatic rings. The fourth-order valence-electron chi connectivity index (χ4n) is 2.42. The highest BCUT2D eigenvalue weighted by Crippen LogP contribution is 2.51. The Bertz CT molecular complexity index is 165. The molecule has 3 heteroatoms. The molecule has 0 amide bonds. The highest BCUT2D eigenvalue weighted by atomic mass is 28.4. The van der Waals surface area contributed by atoms with Gasteiger partial charge in [-0.25, -0.2) is 0 Å². The first-order valence-corrected chi connectivity index (χ1v) is 7.78. The minimum Gasteiger partial charge on any atom is -0.397 e. The minimum absolute atomic E-state index is 0.643. The van der Waals surface area contributed by atoms with Gasteiger partial charge < -0.3 is 8.85 Å². The molecule has 0 saturated heterocycles. The fourth-order valence-corrected chi connectivity index (χ4v) is 6.44. The Hall–Kier alpha value is 0.137. The largest absolute Gasteiger partial charge is 0.397 e. The average Bonchev–Trinajstić information content (AvgIpc) is 3.02. The number of rotatable bonds is 7. The first-order valence-electron chi connectivity index (χ1n) is 5.81. The molecule has 1 fully saturated rings. The Morgan fingerprint density at radius 2 is 1.86 bits per heavy atom. The molecule has 1 unspecified atom stereocenters. The summed E-state index contributed by atoms with van der Waals surface area (Å²) in [5, 5.41) is 0. The van der Waals surface area contributed by atoms with Crippen molar-refractivity contribution >= 4 is 8.56 Å². The molecule has 0 aromatic carbocycles. The minimum atomic E-state index is -1.85. The van der Waals surface area contributed by atoms with Crippen LogP contribution in [-0.4, -0.2) is 22.8 Å². The van der Waals surface area contributed by atoms with Crippen LogP contribution in [0, 0.1) is 0 Å². The van der Waals surface area contributed by atoms with Gasteiger partial charge in [0.2, 0.25) is 0 Å². The molecule has 1 saturated carbocycles. The van der Waals surface area contributed by atoms with Crippen LogP contribution in [0.1, 0.15) is 46.0 Å². The maximum atomic E-state index is 5.79. The third-order valence-corrected chi connectivity index (χ3v) is 8.12. The van der Waals surface area contributed by atoms with E-state index in [-0.39, 0.29) is 0 Å². The van der Waals surface area contributed by atoms with Crippen LogP contribution >= 0.6 is 0 Å². The van der Waals surface area contributed by atoms with Crippen LogP contribution in [0.2, 0.25) is 11.1 Å². The molecule has 0 heterocycles. The predicted molar refractivity (Wildman–Crippen MR) is 61.7 cm³/mol. The summed E-state index contributed by atoms with van der Waals surface area (Å²) in [6.45, 7) is 4.56. The summed E-state index contributed by atoms with van der Waals surface area (Å²) in [6.07, 6.45) is 6.48. The van der Waals surface area contributed by atoms with Crippen molar-refractivity contribution in [3.63, 3.8) is 0 Å². The van der Waals surface area contributed by atoms with Crippen LogP contribution in [0.3, 0.4) is 0 Å². The summed E-state index contributed by atoms with van der Waals surface area (Å²) in [5.41, 5.74) is 1.41. The van der Waals surface area contributed by atoms with E-state index in [9.17, 15) is 0 Å². The Morgan fingerprint density at radius 3 is 2.21 bits per heavy atom. The smallest absolute Gasteiger partial charge is 0.343 e. The van der Waals surface area contributed by atoms with Gasteiger partial charge in [0.05, 0.1) is 0 Å². The lowest BCUT2D eigenvalue weighted by Crippen LogP contribution is -2.44. The second kappa shape index (κ2) is 5.28. The monoisotopic (exact) mass is 216 g/mol. The number of hydrogen-bond donors (Lipinski definition) is 0. The maximum absolute atomic E-state index is 5.79. The highest BCUT2D eigenvalue weighted by molar-refractivity contribution is 6.71. The molecule has 0 aromatic heterocycles. The topological polar surface area (TPSA) is 18.5 Å². The van der Waals surface area contributed by atoms with Gasteiger partial charge in [-0.3, -0.25) is 0 Å². The summed E-state index contributed by atoms with van der Waals surface area (Å²) in [4.78, 5) is 0. The first-order chi connectivity index (χ1) is 6.71. The molecule has 1 atom stereocenters. The molecule has 14 heavy (non-hydrogen) atoms. The van der Waals surface area contributed by atoms with E-state index in [2.05, 4.69) is 13.8 Å². The lowest BCUT2D eigenvalue weighted by molar-refractivity contribution is 0.225. The van der Waals surface area contributed by atoms with Crippen LogP contribution in [-0.2, 0) is 8.85 Å². The predicted octanol–water partition coefficient (Wildman–Crippen LogP) is 3.47. The van der Waals surface area contributed by atoms with Gasteiger partial charge in [-0.05, 0) is 19.3 Å². The Kier molecular flexibility index (Phi) is 4.61. The lowest BCUT2D eigenvalue weighted by Gasteiger charge is -2.33. The molecule has 84 valence electrons. The van der Waals surface area contributed by atoms with Gasteiger partial charge >= 0.3 is 8.56 Å². The standard InChI is InChI=1S/C11H24O2Si/c1-5-6-7-10(2)14(12-3,13-4)11-8-9-11/h10-11H,5-9H2,1-4H3. The zero-order chi connectivity index (χ0) is 10.6. The zero-order valence-electron chi connectivity index (χ0n) is 10.0. The molecule has 0 spiro atoms. The van der Waals surface area contributed by atoms with E-state index in [4.69, 9.17) is 8.85 Å². The maximum Gasteiger partial charge on any atom is 0.343 e. The zero-order valence-corrected chi connectivity index (χ0v) is 11.0. The van der Waals surface area contributed by atoms with Gasteiger partial charge in [0.1, 0.15) is 0 Å². The molecular formula is C11H24O2Si. The molecular weight excluding hydrogens is 192 g/mol. The number of unbranched alkanes of at least 4 members (excludes halogenated alkanes) is 1. The molecule has 2 nitrogen and oxygen atoms in total. The molecule has 0 radical (unpaired) electrons. The van der Waals surface area contributed by atoms with Gasteiger partial charge in [0.25, 0.3) is 0 Å². The van der Waals surface area contributed by atoms with E-state index >= 15 is 0 Å². The third kappa shape index (κ3) is 2.38. The van der Waals surface area contributed by atoms with Crippen LogP contribution in [0.25, 0.3) is 0 Å². The SMILES string of the molecule is CCCCC(C)[Si](OC)(OC)C1CC1. The molecule has 1 aliphatic rings. The van der Waals surface area contributed by atoms with Crippen molar-refractivity contribution in [2.24, 2.45) is 0 Å². The summed E-state index contributed by atoms with van der Waals surface area (Å²) < 4.78 is 11.6. The van der Waals surface area contributed by atoms with Crippen molar-refractivity contribution in [3.8, 4) is 0 Å². The number of hydrogen-bond acceptors (Lipinski definition) is 2. The van der Waals surface area contributed by atoms with Gasteiger partial charge in [-0.1, -0.05) is 26.7 Å². The Labute approximate surface area is 89.2 Å². The summed E-state index contributed by atoms with van der Waals surface area (Å²) in [6, 6.07) is 0. The lowest BCUT2D eigenvalue weighted by atomic mass is 10.2. The van der Waals surface area contributed by atoms with Gasteiger partial charge in [-0.15, -0.1) is 0 Å². The molecule has 0 aliphatic heterocycles. The van der Waals surface area contributed by atoms with E-state index in [0.29, 0.717) is 5.54 Å². The van der Waals surface area contributed by atoms with Gasteiger partial charge in [0, 0.05) is 25.3 Å². The van der Waals surface area contributed by atoms with Crippen LogP contribution in [0.5, 0.6) is 0 Å². The molecule has 1 aliphatic carbocycles. The summed E-state index contributed by atoms with van der Waals surface area (Å²) >= 11 is 0. The van der Waals surface area contributed by atoms with Crippen molar-refractivity contribution in [3.05, 3.63) is 0 Å². The molecule has 1 rings (SSSR count). The van der Waals surface area contributed by atoms with Crippen molar-refractivity contribution in [2.45, 2.75) is 57.0 Å². The normalized spacial score (nSPS) is 19.7. The van der Waals surface area contributed by atoms with Gasteiger partial charge in [-0.2, -0.15) is 0 Å². The Balaban J connectivity index is 2.55. The van der Waals surface area contributed by atoms with E-state index in [0.717, 1.165) is 5.54 Å². The van der Waals surface area contributed by atoms with E-state index in [1.807, 2.05) is 14.2 Å². The van der Waals surface area contributed by atoms with Gasteiger partial charge in [0.15, 0.2) is 0 Å². The van der Waals surface area contributed by atoms with E-state index < -0.39 is 8.56 Å². The summed E-state index contributed by atoms with van der Waals surface area (Å²) in [7, 11) is 1.84. The third-order valence-electron chi connectivity index (χ3n) is 3.46. The molecule has 0 bridgehead atoms. The summed E-state index contributed by atoms with van der Waals surface area (Å²) in [5.74, 6) is 0. The molecule has 0 N–H and O–H groups in total. The van der Waals surface area contributed by atoms with E-state index in [1.54, 1.807) is 0 Å². The fraction of sp³-hybridized carbons (Fsp3) is 1.00. The van der Waals surface area contributed by atoms with Crippen LogP contribution in [0.15, 0.2) is 0 Å². The highest BCUT2D eigenvalue weighted by Gasteiger charge is 2.53.